The Morgan fingerprint density at radius 2 is 1.89 bits per heavy atom. The fraction of sp³-hybridized carbons (Fsp3) is 1.00. The molecule has 0 aromatic rings. The van der Waals surface area contributed by atoms with Crippen LogP contribution in [0.5, 0.6) is 0 Å². The number of nitrogens with one attached hydrogen (secondary N) is 1. The third kappa shape index (κ3) is 3.57. The first-order valence-corrected chi connectivity index (χ1v) is 8.49. The van der Waals surface area contributed by atoms with E-state index in [1.54, 1.807) is 0 Å². The lowest BCUT2D eigenvalue weighted by atomic mass is 9.98. The summed E-state index contributed by atoms with van der Waals surface area (Å²) in [6.45, 7) is 2.36. The van der Waals surface area contributed by atoms with Crippen LogP contribution >= 0.6 is 11.6 Å². The van der Waals surface area contributed by atoms with E-state index < -0.39 is 10.2 Å². The minimum absolute atomic E-state index is 0.387. The summed E-state index contributed by atoms with van der Waals surface area (Å²) in [4.78, 5) is 0. The maximum absolute atomic E-state index is 12.1. The van der Waals surface area contributed by atoms with Gasteiger partial charge in [-0.2, -0.15) is 12.7 Å². The number of alkyl halides is 1. The molecule has 0 amide bonds. The second-order valence-corrected chi connectivity index (χ2v) is 7.03. The number of morpholine rings is 1. The average molecular weight is 297 g/mol. The number of hydrogen-bond donors (Lipinski definition) is 1. The number of nitrogens with zero attached hydrogens (tertiary/aromatic N) is 1. The van der Waals surface area contributed by atoms with E-state index in [4.69, 9.17) is 16.3 Å². The van der Waals surface area contributed by atoms with Crippen LogP contribution in [0.15, 0.2) is 0 Å². The highest BCUT2D eigenvalue weighted by Crippen LogP contribution is 2.32. The smallest absolute Gasteiger partial charge is 0.279 e. The summed E-state index contributed by atoms with van der Waals surface area (Å²) in [6, 6.07) is 0. The lowest BCUT2D eigenvalue weighted by Crippen LogP contribution is -2.47. The van der Waals surface area contributed by atoms with Gasteiger partial charge in [-0.25, -0.2) is 4.72 Å². The van der Waals surface area contributed by atoms with Gasteiger partial charge in [-0.3, -0.25) is 0 Å². The van der Waals surface area contributed by atoms with Crippen LogP contribution < -0.4 is 4.72 Å². The van der Waals surface area contributed by atoms with Gasteiger partial charge in [0.2, 0.25) is 0 Å². The SMILES string of the molecule is O=S(=O)(NCC1CCCC1CCl)N1CCOCC1. The molecule has 2 fully saturated rings. The zero-order valence-corrected chi connectivity index (χ0v) is 12.0. The van der Waals surface area contributed by atoms with Gasteiger partial charge in [-0.05, 0) is 24.7 Å². The lowest BCUT2D eigenvalue weighted by molar-refractivity contribution is 0.0724. The van der Waals surface area contributed by atoms with E-state index in [1.165, 1.54) is 4.31 Å². The Bertz CT molecular complexity index is 357. The van der Waals surface area contributed by atoms with Gasteiger partial charge in [0.15, 0.2) is 0 Å². The van der Waals surface area contributed by atoms with Crippen LogP contribution in [-0.4, -0.2) is 51.5 Å². The highest BCUT2D eigenvalue weighted by Gasteiger charge is 2.29. The second kappa shape index (κ2) is 6.52. The minimum atomic E-state index is -3.34. The largest absolute Gasteiger partial charge is 0.379 e. The molecule has 106 valence electrons. The van der Waals surface area contributed by atoms with Crippen molar-refractivity contribution in [1.82, 2.24) is 9.03 Å². The summed E-state index contributed by atoms with van der Waals surface area (Å²) >= 11 is 5.90. The van der Waals surface area contributed by atoms with E-state index in [2.05, 4.69) is 4.72 Å². The van der Waals surface area contributed by atoms with Gasteiger partial charge in [0.25, 0.3) is 10.2 Å². The normalized spacial score (nSPS) is 30.7. The molecule has 7 heteroatoms. The van der Waals surface area contributed by atoms with Crippen LogP contribution in [0.25, 0.3) is 0 Å². The zero-order valence-electron chi connectivity index (χ0n) is 10.5. The lowest BCUT2D eigenvalue weighted by Gasteiger charge is -2.27. The first kappa shape index (κ1) is 14.5. The van der Waals surface area contributed by atoms with Crippen LogP contribution in [-0.2, 0) is 14.9 Å². The summed E-state index contributed by atoms with van der Waals surface area (Å²) in [5, 5.41) is 0. The molecule has 2 rings (SSSR count). The Labute approximate surface area is 114 Å². The summed E-state index contributed by atoms with van der Waals surface area (Å²) in [5.74, 6) is 1.47. The highest BCUT2D eigenvalue weighted by molar-refractivity contribution is 7.87. The van der Waals surface area contributed by atoms with Crippen LogP contribution in [0.4, 0.5) is 0 Å². The van der Waals surface area contributed by atoms with Crippen molar-refractivity contribution in [3.05, 3.63) is 0 Å². The third-order valence-corrected chi connectivity index (χ3v) is 5.83. The van der Waals surface area contributed by atoms with Crippen LogP contribution in [0.3, 0.4) is 0 Å². The van der Waals surface area contributed by atoms with Gasteiger partial charge < -0.3 is 4.74 Å². The Hall–Kier alpha value is 0.120. The minimum Gasteiger partial charge on any atom is -0.379 e. The number of hydrogen-bond acceptors (Lipinski definition) is 3. The Morgan fingerprint density at radius 1 is 1.22 bits per heavy atom. The van der Waals surface area contributed by atoms with Crippen molar-refractivity contribution < 1.29 is 13.2 Å². The fourth-order valence-corrected chi connectivity index (χ4v) is 4.32. The Kier molecular flexibility index (Phi) is 5.26. The molecule has 1 aliphatic carbocycles. The monoisotopic (exact) mass is 296 g/mol. The molecular weight excluding hydrogens is 276 g/mol. The molecule has 2 unspecified atom stereocenters. The van der Waals surface area contributed by atoms with Crippen molar-refractivity contribution in [2.75, 3.05) is 38.7 Å². The maximum atomic E-state index is 12.1. The first-order chi connectivity index (χ1) is 8.63. The topological polar surface area (TPSA) is 58.6 Å². The second-order valence-electron chi connectivity index (χ2n) is 4.97. The molecule has 1 saturated heterocycles. The summed E-state index contributed by atoms with van der Waals surface area (Å²) < 4.78 is 33.5. The van der Waals surface area contributed by atoms with Crippen molar-refractivity contribution >= 4 is 21.8 Å². The quantitative estimate of drug-likeness (QED) is 0.764. The highest BCUT2D eigenvalue weighted by atomic mass is 35.5. The van der Waals surface area contributed by atoms with Crippen molar-refractivity contribution in [2.45, 2.75) is 19.3 Å². The predicted octanol–water partition coefficient (Wildman–Crippen LogP) is 0.808. The molecule has 2 aliphatic rings. The first-order valence-electron chi connectivity index (χ1n) is 6.52. The molecule has 0 aromatic heterocycles. The fourth-order valence-electron chi connectivity index (χ4n) is 2.68. The van der Waals surface area contributed by atoms with Gasteiger partial charge in [-0.15, -0.1) is 11.6 Å². The van der Waals surface area contributed by atoms with Gasteiger partial charge in [-0.1, -0.05) is 6.42 Å². The molecule has 0 radical (unpaired) electrons. The Morgan fingerprint density at radius 3 is 2.56 bits per heavy atom. The van der Waals surface area contributed by atoms with E-state index in [-0.39, 0.29) is 0 Å². The average Bonchev–Trinajstić information content (AvgIpc) is 2.85. The van der Waals surface area contributed by atoms with E-state index in [1.807, 2.05) is 0 Å². The van der Waals surface area contributed by atoms with Gasteiger partial charge >= 0.3 is 0 Å². The molecular formula is C11H21ClN2O3S. The third-order valence-electron chi connectivity index (χ3n) is 3.85. The van der Waals surface area contributed by atoms with Gasteiger partial charge in [0.05, 0.1) is 13.2 Å². The van der Waals surface area contributed by atoms with Crippen molar-refractivity contribution in [1.29, 1.82) is 0 Å². The summed E-state index contributed by atoms with van der Waals surface area (Å²) in [7, 11) is -3.34. The number of halogens is 1. The number of rotatable bonds is 5. The molecule has 1 heterocycles. The van der Waals surface area contributed by atoms with E-state index >= 15 is 0 Å². The zero-order chi connectivity index (χ0) is 13.0. The van der Waals surface area contributed by atoms with Crippen molar-refractivity contribution in [3.8, 4) is 0 Å². The summed E-state index contributed by atoms with van der Waals surface area (Å²) in [6.07, 6.45) is 3.35. The van der Waals surface area contributed by atoms with Crippen molar-refractivity contribution in [2.24, 2.45) is 11.8 Å². The van der Waals surface area contributed by atoms with Gasteiger partial charge in [0, 0.05) is 25.5 Å². The molecule has 1 saturated carbocycles. The molecule has 0 aromatic carbocycles. The van der Waals surface area contributed by atoms with E-state index in [9.17, 15) is 8.42 Å². The van der Waals surface area contributed by atoms with Gasteiger partial charge in [0.1, 0.15) is 0 Å². The maximum Gasteiger partial charge on any atom is 0.279 e. The Balaban J connectivity index is 1.84. The molecule has 0 spiro atoms. The van der Waals surface area contributed by atoms with Crippen molar-refractivity contribution in [3.63, 3.8) is 0 Å². The number of ether oxygens (including phenoxy) is 1. The molecule has 5 nitrogen and oxygen atoms in total. The van der Waals surface area contributed by atoms with E-state index in [0.717, 1.165) is 19.3 Å². The van der Waals surface area contributed by atoms with E-state index in [0.29, 0.717) is 50.6 Å². The molecule has 18 heavy (non-hydrogen) atoms. The van der Waals surface area contributed by atoms with Crippen LogP contribution in [0.1, 0.15) is 19.3 Å². The molecule has 1 aliphatic heterocycles. The van der Waals surface area contributed by atoms with Crippen LogP contribution in [0, 0.1) is 11.8 Å². The predicted molar refractivity (Wildman–Crippen MR) is 70.9 cm³/mol. The summed E-state index contributed by atoms with van der Waals surface area (Å²) in [5.41, 5.74) is 0. The molecule has 2 atom stereocenters. The van der Waals surface area contributed by atoms with Crippen LogP contribution in [0.2, 0.25) is 0 Å². The molecule has 0 bridgehead atoms. The standard InChI is InChI=1S/C11H21ClN2O3S/c12-8-10-2-1-3-11(10)9-13-18(15,16)14-4-6-17-7-5-14/h10-11,13H,1-9H2. The molecule has 1 N–H and O–H groups in total.